The van der Waals surface area contributed by atoms with Gasteiger partial charge < -0.3 is 9.84 Å². The lowest BCUT2D eigenvalue weighted by Gasteiger charge is -2.20. The van der Waals surface area contributed by atoms with Crippen LogP contribution in [-0.2, 0) is 0 Å². The average Bonchev–Trinajstić information content (AvgIpc) is 2.95. The monoisotopic (exact) mass is 264 g/mol. The summed E-state index contributed by atoms with van der Waals surface area (Å²) in [6.45, 7) is 5.95. The maximum Gasteiger partial charge on any atom is 0.290 e. The number of thiophene rings is 1. The normalized spacial score (nSPS) is 12.7. The molecule has 2 aromatic rings. The molecule has 0 spiro atoms. The molecule has 18 heavy (non-hydrogen) atoms. The Morgan fingerprint density at radius 2 is 2.28 bits per heavy atom. The Balaban J connectivity index is 2.13. The number of rotatable bonds is 4. The number of aryl methyl sites for hydroxylation is 1. The van der Waals surface area contributed by atoms with Crippen molar-refractivity contribution in [3.05, 3.63) is 39.9 Å². The number of carbonyl (C=O) groups excluding carboxylic acids is 1. The van der Waals surface area contributed by atoms with Gasteiger partial charge in [-0.05, 0) is 24.3 Å². The summed E-state index contributed by atoms with van der Waals surface area (Å²) in [5, 5.41) is 8.71. The van der Waals surface area contributed by atoms with E-state index in [4.69, 9.17) is 4.52 Å². The fraction of sp³-hybridized carbons (Fsp3) is 0.385. The van der Waals surface area contributed by atoms with Crippen molar-refractivity contribution >= 4 is 17.2 Å². The van der Waals surface area contributed by atoms with Crippen molar-refractivity contribution in [1.82, 2.24) is 10.5 Å². The van der Waals surface area contributed by atoms with Crippen LogP contribution in [0.4, 0.5) is 0 Å². The van der Waals surface area contributed by atoms with E-state index < -0.39 is 0 Å². The molecule has 4 nitrogen and oxygen atoms in total. The molecular weight excluding hydrogens is 248 g/mol. The van der Waals surface area contributed by atoms with Crippen LogP contribution >= 0.6 is 11.3 Å². The van der Waals surface area contributed by atoms with E-state index in [1.165, 1.54) is 0 Å². The van der Waals surface area contributed by atoms with Crippen molar-refractivity contribution in [3.8, 4) is 0 Å². The molecule has 0 unspecified atom stereocenters. The second kappa shape index (κ2) is 5.35. The zero-order valence-corrected chi connectivity index (χ0v) is 11.5. The zero-order chi connectivity index (χ0) is 13.1. The van der Waals surface area contributed by atoms with Crippen LogP contribution < -0.4 is 5.32 Å². The van der Waals surface area contributed by atoms with E-state index in [1.54, 1.807) is 24.3 Å². The molecular formula is C13H16N2O2S. The second-order valence-electron chi connectivity index (χ2n) is 4.54. The fourth-order valence-electron chi connectivity index (χ4n) is 1.72. The minimum absolute atomic E-state index is 0.00269. The molecule has 0 radical (unpaired) electrons. The van der Waals surface area contributed by atoms with Gasteiger partial charge in [0.25, 0.3) is 5.91 Å². The van der Waals surface area contributed by atoms with Crippen LogP contribution in [-0.4, -0.2) is 11.1 Å². The molecule has 0 aromatic carbocycles. The first-order chi connectivity index (χ1) is 8.58. The standard InChI is InChI=1S/C13H16N2O2S/c1-8(2)12(11-5-4-6-18-11)14-13(16)10-7-9(3)15-17-10/h4-8,12H,1-3H3,(H,14,16)/t12-/m1/s1. The third-order valence-electron chi connectivity index (χ3n) is 2.65. The molecule has 2 heterocycles. The van der Waals surface area contributed by atoms with E-state index >= 15 is 0 Å². The first kappa shape index (κ1) is 12.8. The largest absolute Gasteiger partial charge is 0.351 e. The van der Waals surface area contributed by atoms with Crippen LogP contribution in [0.3, 0.4) is 0 Å². The minimum atomic E-state index is -0.220. The first-order valence-corrected chi connectivity index (χ1v) is 6.73. The highest BCUT2D eigenvalue weighted by Gasteiger charge is 2.21. The molecule has 1 atom stereocenters. The lowest BCUT2D eigenvalue weighted by Crippen LogP contribution is -2.30. The van der Waals surface area contributed by atoms with Crippen molar-refractivity contribution in [2.75, 3.05) is 0 Å². The van der Waals surface area contributed by atoms with E-state index in [1.807, 2.05) is 17.5 Å². The van der Waals surface area contributed by atoms with Gasteiger partial charge in [0, 0.05) is 10.9 Å². The van der Waals surface area contributed by atoms with Crippen molar-refractivity contribution in [3.63, 3.8) is 0 Å². The fourth-order valence-corrected chi connectivity index (χ4v) is 2.67. The summed E-state index contributed by atoms with van der Waals surface area (Å²) in [5.74, 6) is 0.356. The van der Waals surface area contributed by atoms with E-state index in [2.05, 4.69) is 24.3 Å². The molecule has 5 heteroatoms. The van der Waals surface area contributed by atoms with E-state index in [-0.39, 0.29) is 17.7 Å². The smallest absolute Gasteiger partial charge is 0.290 e. The molecule has 0 saturated heterocycles. The minimum Gasteiger partial charge on any atom is -0.351 e. The summed E-state index contributed by atoms with van der Waals surface area (Å²) in [5.41, 5.74) is 0.706. The molecule has 2 rings (SSSR count). The molecule has 0 aliphatic carbocycles. The summed E-state index contributed by atoms with van der Waals surface area (Å²) in [7, 11) is 0. The lowest BCUT2D eigenvalue weighted by molar-refractivity contribution is 0.0889. The number of nitrogens with one attached hydrogen (secondary N) is 1. The van der Waals surface area contributed by atoms with Gasteiger partial charge in [0.2, 0.25) is 5.76 Å². The summed E-state index contributed by atoms with van der Waals surface area (Å²) in [4.78, 5) is 13.2. The average molecular weight is 264 g/mol. The first-order valence-electron chi connectivity index (χ1n) is 5.85. The van der Waals surface area contributed by atoms with Gasteiger partial charge in [-0.2, -0.15) is 0 Å². The van der Waals surface area contributed by atoms with Crippen LogP contribution in [0.15, 0.2) is 28.1 Å². The zero-order valence-electron chi connectivity index (χ0n) is 10.6. The molecule has 0 saturated carbocycles. The molecule has 0 fully saturated rings. The Kier molecular flexibility index (Phi) is 3.81. The summed E-state index contributed by atoms with van der Waals surface area (Å²) < 4.78 is 4.97. The van der Waals surface area contributed by atoms with Crippen LogP contribution in [0.5, 0.6) is 0 Å². The molecule has 96 valence electrons. The van der Waals surface area contributed by atoms with E-state index in [9.17, 15) is 4.79 Å². The lowest BCUT2D eigenvalue weighted by atomic mass is 10.0. The third kappa shape index (κ3) is 2.79. The molecule has 2 aromatic heterocycles. The molecule has 0 aliphatic heterocycles. The Labute approximate surface area is 110 Å². The number of aromatic nitrogens is 1. The summed E-state index contributed by atoms with van der Waals surface area (Å²) in [6, 6.07) is 5.66. The van der Waals surface area contributed by atoms with Crippen molar-refractivity contribution < 1.29 is 9.32 Å². The highest BCUT2D eigenvalue weighted by atomic mass is 32.1. The Morgan fingerprint density at radius 3 is 2.78 bits per heavy atom. The third-order valence-corrected chi connectivity index (χ3v) is 3.61. The van der Waals surface area contributed by atoms with Crippen molar-refractivity contribution in [2.45, 2.75) is 26.8 Å². The SMILES string of the molecule is Cc1cc(C(=O)N[C@@H](c2cccs2)C(C)C)on1. The van der Waals surface area contributed by atoms with Gasteiger partial charge in [-0.3, -0.25) is 4.79 Å². The predicted octanol–water partition coefficient (Wildman–Crippen LogP) is 3.17. The number of hydrogen-bond acceptors (Lipinski definition) is 4. The number of amides is 1. The Hall–Kier alpha value is -1.62. The highest BCUT2D eigenvalue weighted by Crippen LogP contribution is 2.26. The van der Waals surface area contributed by atoms with Crippen LogP contribution in [0.1, 0.15) is 41.0 Å². The maximum atomic E-state index is 12.0. The Morgan fingerprint density at radius 1 is 1.50 bits per heavy atom. The topological polar surface area (TPSA) is 55.1 Å². The second-order valence-corrected chi connectivity index (χ2v) is 5.52. The van der Waals surface area contributed by atoms with Crippen LogP contribution in [0, 0.1) is 12.8 Å². The van der Waals surface area contributed by atoms with Crippen molar-refractivity contribution in [2.24, 2.45) is 5.92 Å². The Bertz CT molecular complexity index is 517. The molecule has 0 aliphatic rings. The van der Waals surface area contributed by atoms with E-state index in [0.29, 0.717) is 11.6 Å². The van der Waals surface area contributed by atoms with Gasteiger partial charge in [0.1, 0.15) is 0 Å². The van der Waals surface area contributed by atoms with E-state index in [0.717, 1.165) is 4.88 Å². The van der Waals surface area contributed by atoms with Crippen LogP contribution in [0.25, 0.3) is 0 Å². The number of nitrogens with zero attached hydrogens (tertiary/aromatic N) is 1. The molecule has 1 N–H and O–H groups in total. The summed E-state index contributed by atoms with van der Waals surface area (Å²) >= 11 is 1.64. The van der Waals surface area contributed by atoms with Crippen molar-refractivity contribution in [1.29, 1.82) is 0 Å². The van der Waals surface area contributed by atoms with Gasteiger partial charge in [-0.25, -0.2) is 0 Å². The highest BCUT2D eigenvalue weighted by molar-refractivity contribution is 7.10. The number of carbonyl (C=O) groups is 1. The van der Waals surface area contributed by atoms with Crippen LogP contribution in [0.2, 0.25) is 0 Å². The quantitative estimate of drug-likeness (QED) is 0.922. The summed E-state index contributed by atoms with van der Waals surface area (Å²) in [6.07, 6.45) is 0. The molecule has 0 bridgehead atoms. The van der Waals surface area contributed by atoms with Gasteiger partial charge in [0.15, 0.2) is 0 Å². The predicted molar refractivity (Wildman–Crippen MR) is 70.6 cm³/mol. The van der Waals surface area contributed by atoms with Gasteiger partial charge >= 0.3 is 0 Å². The maximum absolute atomic E-state index is 12.0. The molecule has 1 amide bonds. The number of hydrogen-bond donors (Lipinski definition) is 1. The van der Waals surface area contributed by atoms with Gasteiger partial charge in [-0.1, -0.05) is 25.1 Å². The van der Waals surface area contributed by atoms with Gasteiger partial charge in [-0.15, -0.1) is 11.3 Å². The van der Waals surface area contributed by atoms with Gasteiger partial charge in [0.05, 0.1) is 11.7 Å².